The van der Waals surface area contributed by atoms with Crippen LogP contribution >= 0.6 is 11.6 Å². The Morgan fingerprint density at radius 1 is 1.29 bits per heavy atom. The summed E-state index contributed by atoms with van der Waals surface area (Å²) >= 11 is 5.62. The molecule has 0 saturated heterocycles. The lowest BCUT2D eigenvalue weighted by molar-refractivity contribution is 0.628. The van der Waals surface area contributed by atoms with Gasteiger partial charge in [-0.2, -0.15) is 5.10 Å². The Balaban J connectivity index is 2.34. The van der Waals surface area contributed by atoms with Crippen molar-refractivity contribution in [2.75, 3.05) is 0 Å². The van der Waals surface area contributed by atoms with Gasteiger partial charge in [0.25, 0.3) is 0 Å². The van der Waals surface area contributed by atoms with Gasteiger partial charge in [-0.3, -0.25) is 5.10 Å². The van der Waals surface area contributed by atoms with Crippen LogP contribution < -0.4 is 0 Å². The molecule has 1 N–H and O–H groups in total. The molecular weight excluding hydrogens is 203 g/mol. The average molecular weight is 211 g/mol. The van der Waals surface area contributed by atoms with Crippen LogP contribution in [0.4, 0.5) is 4.39 Å². The van der Waals surface area contributed by atoms with E-state index in [1.165, 1.54) is 12.1 Å². The van der Waals surface area contributed by atoms with Crippen LogP contribution in [0.15, 0.2) is 30.3 Å². The van der Waals surface area contributed by atoms with Crippen LogP contribution in [0.3, 0.4) is 0 Å². The van der Waals surface area contributed by atoms with E-state index in [9.17, 15) is 4.39 Å². The number of aromatic nitrogens is 2. The van der Waals surface area contributed by atoms with Crippen molar-refractivity contribution < 1.29 is 4.39 Å². The summed E-state index contributed by atoms with van der Waals surface area (Å²) in [5.74, 6) is 0.149. The largest absolute Gasteiger partial charge is 0.281 e. The number of hydrogen-bond donors (Lipinski definition) is 1. The molecule has 2 rings (SSSR count). The predicted molar refractivity (Wildman–Crippen MR) is 53.5 cm³/mol. The first kappa shape index (κ1) is 9.21. The van der Waals surface area contributed by atoms with E-state index in [-0.39, 0.29) is 5.82 Å². The molecular formula is C10H8ClFN2. The molecule has 1 aromatic carbocycles. The third kappa shape index (κ3) is 1.77. The molecule has 1 heterocycles. The van der Waals surface area contributed by atoms with Crippen molar-refractivity contribution in [1.82, 2.24) is 10.2 Å². The van der Waals surface area contributed by atoms with Gasteiger partial charge in [0, 0.05) is 5.56 Å². The summed E-state index contributed by atoms with van der Waals surface area (Å²) in [6, 6.07) is 8.03. The molecule has 0 saturated carbocycles. The minimum Gasteiger partial charge on any atom is -0.281 e. The molecule has 0 aliphatic rings. The Kier molecular flexibility index (Phi) is 2.50. The SMILES string of the molecule is Fc1ccc(-c2cc(CCl)[nH]n2)cc1. The first-order valence-corrected chi connectivity index (χ1v) is 4.69. The number of benzene rings is 1. The lowest BCUT2D eigenvalue weighted by Crippen LogP contribution is -1.78. The first-order valence-electron chi connectivity index (χ1n) is 4.16. The number of halogens is 2. The monoisotopic (exact) mass is 210 g/mol. The molecule has 0 aliphatic carbocycles. The van der Waals surface area contributed by atoms with Gasteiger partial charge in [0.15, 0.2) is 0 Å². The van der Waals surface area contributed by atoms with E-state index in [1.807, 2.05) is 6.07 Å². The average Bonchev–Trinajstić information content (AvgIpc) is 2.67. The molecule has 0 atom stereocenters. The maximum absolute atomic E-state index is 12.6. The second kappa shape index (κ2) is 3.80. The van der Waals surface area contributed by atoms with Gasteiger partial charge in [0.05, 0.1) is 17.3 Å². The molecule has 0 unspecified atom stereocenters. The maximum Gasteiger partial charge on any atom is 0.123 e. The van der Waals surface area contributed by atoms with Gasteiger partial charge in [-0.25, -0.2) is 4.39 Å². The van der Waals surface area contributed by atoms with Crippen molar-refractivity contribution in [3.05, 3.63) is 41.8 Å². The molecule has 0 spiro atoms. The van der Waals surface area contributed by atoms with Gasteiger partial charge >= 0.3 is 0 Å². The molecule has 4 heteroatoms. The van der Waals surface area contributed by atoms with E-state index in [0.29, 0.717) is 5.88 Å². The standard InChI is InChI=1S/C10H8ClFN2/c11-6-9-5-10(14-13-9)7-1-3-8(12)4-2-7/h1-5H,6H2,(H,13,14). The van der Waals surface area contributed by atoms with Crippen LogP contribution in [-0.2, 0) is 5.88 Å². The van der Waals surface area contributed by atoms with Gasteiger partial charge in [-0.15, -0.1) is 11.6 Å². The maximum atomic E-state index is 12.6. The molecule has 2 nitrogen and oxygen atoms in total. The third-order valence-electron chi connectivity index (χ3n) is 1.91. The fourth-order valence-electron chi connectivity index (χ4n) is 1.20. The second-order valence-corrected chi connectivity index (χ2v) is 3.19. The minimum atomic E-state index is -0.248. The summed E-state index contributed by atoms with van der Waals surface area (Å²) in [4.78, 5) is 0. The Bertz CT molecular complexity index is 422. The highest BCUT2D eigenvalue weighted by Gasteiger charge is 2.02. The topological polar surface area (TPSA) is 28.7 Å². The summed E-state index contributed by atoms with van der Waals surface area (Å²) in [5, 5.41) is 6.85. The fraction of sp³-hybridized carbons (Fsp3) is 0.100. The molecule has 2 aromatic rings. The van der Waals surface area contributed by atoms with Crippen molar-refractivity contribution >= 4 is 11.6 Å². The molecule has 0 radical (unpaired) electrons. The quantitative estimate of drug-likeness (QED) is 0.759. The zero-order valence-electron chi connectivity index (χ0n) is 7.30. The van der Waals surface area contributed by atoms with Crippen LogP contribution in [0.25, 0.3) is 11.3 Å². The van der Waals surface area contributed by atoms with Crippen LogP contribution in [0, 0.1) is 5.82 Å². The number of aromatic amines is 1. The van der Waals surface area contributed by atoms with Crippen molar-refractivity contribution in [3.8, 4) is 11.3 Å². The highest BCUT2D eigenvalue weighted by atomic mass is 35.5. The zero-order valence-corrected chi connectivity index (χ0v) is 8.05. The lowest BCUT2D eigenvalue weighted by Gasteiger charge is -1.94. The summed E-state index contributed by atoms with van der Waals surface area (Å²) < 4.78 is 12.6. The molecule has 1 aromatic heterocycles. The van der Waals surface area contributed by atoms with Crippen molar-refractivity contribution in [1.29, 1.82) is 0 Å². The number of H-pyrrole nitrogens is 1. The Morgan fingerprint density at radius 2 is 2.00 bits per heavy atom. The zero-order chi connectivity index (χ0) is 9.97. The number of nitrogens with one attached hydrogen (secondary N) is 1. The smallest absolute Gasteiger partial charge is 0.123 e. The molecule has 72 valence electrons. The first-order chi connectivity index (χ1) is 6.79. The van der Waals surface area contributed by atoms with Gasteiger partial charge < -0.3 is 0 Å². The summed E-state index contributed by atoms with van der Waals surface area (Å²) in [6.45, 7) is 0. The van der Waals surface area contributed by atoms with Crippen LogP contribution in [0.1, 0.15) is 5.69 Å². The fourth-order valence-corrected chi connectivity index (χ4v) is 1.34. The lowest BCUT2D eigenvalue weighted by atomic mass is 10.1. The highest BCUT2D eigenvalue weighted by molar-refractivity contribution is 6.16. The van der Waals surface area contributed by atoms with Crippen molar-refractivity contribution in [3.63, 3.8) is 0 Å². The number of nitrogens with zero attached hydrogens (tertiary/aromatic N) is 1. The summed E-state index contributed by atoms with van der Waals surface area (Å²) in [7, 11) is 0. The number of alkyl halides is 1. The van der Waals surface area contributed by atoms with Gasteiger partial charge in [0.2, 0.25) is 0 Å². The van der Waals surface area contributed by atoms with Crippen LogP contribution in [-0.4, -0.2) is 10.2 Å². The minimum absolute atomic E-state index is 0.248. The molecule has 0 amide bonds. The summed E-state index contributed by atoms with van der Waals surface area (Å²) in [5.41, 5.74) is 2.51. The Hall–Kier alpha value is -1.35. The second-order valence-electron chi connectivity index (χ2n) is 2.92. The van der Waals surface area contributed by atoms with E-state index in [2.05, 4.69) is 10.2 Å². The van der Waals surface area contributed by atoms with Crippen LogP contribution in [0.2, 0.25) is 0 Å². The normalized spacial score (nSPS) is 10.4. The Labute approximate surface area is 85.7 Å². The van der Waals surface area contributed by atoms with E-state index >= 15 is 0 Å². The third-order valence-corrected chi connectivity index (χ3v) is 2.20. The van der Waals surface area contributed by atoms with Gasteiger partial charge in [0.1, 0.15) is 5.82 Å². The highest BCUT2D eigenvalue weighted by Crippen LogP contribution is 2.18. The van der Waals surface area contributed by atoms with Crippen molar-refractivity contribution in [2.24, 2.45) is 0 Å². The molecule has 0 bridgehead atoms. The predicted octanol–water partition coefficient (Wildman–Crippen LogP) is 2.95. The molecule has 0 aliphatic heterocycles. The number of hydrogen-bond acceptors (Lipinski definition) is 1. The van der Waals surface area contributed by atoms with E-state index in [1.54, 1.807) is 12.1 Å². The molecule has 0 fully saturated rings. The van der Waals surface area contributed by atoms with Crippen molar-refractivity contribution in [2.45, 2.75) is 5.88 Å². The Morgan fingerprint density at radius 3 is 2.57 bits per heavy atom. The summed E-state index contributed by atoms with van der Waals surface area (Å²) in [6.07, 6.45) is 0. The molecule has 14 heavy (non-hydrogen) atoms. The van der Waals surface area contributed by atoms with E-state index < -0.39 is 0 Å². The van der Waals surface area contributed by atoms with E-state index in [4.69, 9.17) is 11.6 Å². The van der Waals surface area contributed by atoms with Gasteiger partial charge in [-0.1, -0.05) is 0 Å². The van der Waals surface area contributed by atoms with Gasteiger partial charge in [-0.05, 0) is 30.3 Å². The van der Waals surface area contributed by atoms with Crippen LogP contribution in [0.5, 0.6) is 0 Å². The van der Waals surface area contributed by atoms with E-state index in [0.717, 1.165) is 17.0 Å². The number of rotatable bonds is 2.